The van der Waals surface area contributed by atoms with Crippen LogP contribution in [0.2, 0.25) is 58.4 Å². The van der Waals surface area contributed by atoms with Crippen molar-refractivity contribution in [2.45, 2.75) is 71.3 Å². The Hall–Kier alpha value is -0.0925. The average Bonchev–Trinajstić information content (AvgIpc) is 2.49. The van der Waals surface area contributed by atoms with E-state index in [2.05, 4.69) is 0 Å². The zero-order valence-corrected chi connectivity index (χ0v) is 23.4. The van der Waals surface area contributed by atoms with E-state index >= 15 is 0 Å². The third kappa shape index (κ3) is 8.45. The summed E-state index contributed by atoms with van der Waals surface area (Å²) < 4.78 is 86.1. The number of benzene rings is 1. The molecule has 0 spiro atoms. The molecule has 3 nitrogen and oxygen atoms in total. The molecule has 0 amide bonds. The first kappa shape index (κ1) is 27.9. The maximum atomic E-state index is 13.8. The molecule has 0 aliphatic carbocycles. The van der Waals surface area contributed by atoms with Gasteiger partial charge in [0.05, 0.1) is 0 Å². The largest absolute Gasteiger partial charge is 0.436 e. The van der Waals surface area contributed by atoms with E-state index in [1.54, 1.807) is 0 Å². The van der Waals surface area contributed by atoms with Crippen LogP contribution in [0.5, 0.6) is 0 Å². The van der Waals surface area contributed by atoms with Gasteiger partial charge < -0.3 is 12.3 Å². The molecule has 0 heterocycles. The van der Waals surface area contributed by atoms with Crippen molar-refractivity contribution < 1.29 is 34.3 Å². The van der Waals surface area contributed by atoms with Gasteiger partial charge in [-0.2, -0.15) is 0 Å². The van der Waals surface area contributed by atoms with E-state index in [4.69, 9.17) is 23.4 Å². The highest BCUT2D eigenvalue weighted by atomic mass is 35.6. The smallest absolute Gasteiger partial charge is 0.313 e. The van der Waals surface area contributed by atoms with Crippen LogP contribution in [0.15, 0.2) is 0 Å². The third-order valence-corrected chi connectivity index (χ3v) is 18.3. The Balaban J connectivity index is 2.79. The first-order valence-electron chi connectivity index (χ1n) is 9.57. The van der Waals surface area contributed by atoms with Crippen LogP contribution in [0, 0.1) is 29.1 Å². The molecule has 174 valence electrons. The fraction of sp³-hybridized carbons (Fsp3) is 0.647. The van der Waals surface area contributed by atoms with Gasteiger partial charge in [0.2, 0.25) is 5.82 Å². The first-order chi connectivity index (χ1) is 13.3. The molecule has 0 aliphatic rings. The predicted molar refractivity (Wildman–Crippen MR) is 118 cm³/mol. The van der Waals surface area contributed by atoms with Crippen molar-refractivity contribution in [2.75, 3.05) is 0 Å². The van der Waals surface area contributed by atoms with Gasteiger partial charge in [-0.3, -0.25) is 0 Å². The minimum atomic E-state index is -2.61. The highest BCUT2D eigenvalue weighted by molar-refractivity contribution is 7.17. The van der Waals surface area contributed by atoms with Gasteiger partial charge in [-0.05, 0) is 71.3 Å². The summed E-state index contributed by atoms with van der Waals surface area (Å²) in [6.07, 6.45) is -0.0508. The van der Waals surface area contributed by atoms with Crippen LogP contribution < -0.4 is 0 Å². The van der Waals surface area contributed by atoms with Crippen molar-refractivity contribution in [2.24, 2.45) is 0 Å². The summed E-state index contributed by atoms with van der Waals surface area (Å²) >= 11 is 6.28. The average molecular weight is 525 g/mol. The summed E-state index contributed by atoms with van der Waals surface area (Å²) in [5, 5.41) is 0. The molecule has 0 N–H and O–H groups in total. The quantitative estimate of drug-likeness (QED) is 0.109. The summed E-state index contributed by atoms with van der Waals surface area (Å²) in [6, 6.07) is 0.463. The molecule has 0 bridgehead atoms. The molecular weight excluding hydrogens is 495 g/mol. The van der Waals surface area contributed by atoms with E-state index in [1.165, 1.54) is 0 Å². The molecule has 0 atom stereocenters. The molecular formula is C17H30ClF5O3Si4. The molecule has 13 heteroatoms. The summed E-state index contributed by atoms with van der Waals surface area (Å²) in [5.74, 6) is -9.54. The molecule has 0 radical (unpaired) electrons. The normalized spacial score (nSPS) is 13.8. The maximum Gasteiger partial charge on any atom is 0.313 e. The fourth-order valence-electron chi connectivity index (χ4n) is 3.50. The van der Waals surface area contributed by atoms with E-state index in [-0.39, 0.29) is 12.8 Å². The summed E-state index contributed by atoms with van der Waals surface area (Å²) in [5.41, 5.74) is -0.791. The van der Waals surface area contributed by atoms with Crippen LogP contribution in [-0.4, -0.2) is 33.1 Å². The van der Waals surface area contributed by atoms with Crippen molar-refractivity contribution in [3.63, 3.8) is 0 Å². The molecule has 0 saturated heterocycles. The van der Waals surface area contributed by atoms with Gasteiger partial charge >= 0.3 is 17.1 Å². The monoisotopic (exact) mass is 524 g/mol. The molecule has 0 saturated carbocycles. The van der Waals surface area contributed by atoms with Gasteiger partial charge in [-0.25, -0.2) is 22.0 Å². The lowest BCUT2D eigenvalue weighted by Gasteiger charge is -2.39. The maximum absolute atomic E-state index is 13.8. The zero-order valence-electron chi connectivity index (χ0n) is 18.6. The predicted octanol–water partition coefficient (Wildman–Crippen LogP) is 6.91. The third-order valence-electron chi connectivity index (χ3n) is 4.01. The van der Waals surface area contributed by atoms with Gasteiger partial charge in [0.15, 0.2) is 31.6 Å². The van der Waals surface area contributed by atoms with E-state index in [1.807, 2.05) is 52.4 Å². The second-order valence-electron chi connectivity index (χ2n) is 9.13. The summed E-state index contributed by atoms with van der Waals surface area (Å²) in [7, 11) is -9.78. The van der Waals surface area contributed by atoms with Crippen LogP contribution in [0.4, 0.5) is 22.0 Å². The van der Waals surface area contributed by atoms with Gasteiger partial charge in [-0.1, -0.05) is 0 Å². The lowest BCUT2D eigenvalue weighted by molar-refractivity contribution is 0.331. The SMILES string of the molecule is C[Si](C)(Cl)O[Si](C)(C)O[Si](C)(C)O[Si](C)(C)CCCc1c(F)c(F)c(F)c(F)c1F. The van der Waals surface area contributed by atoms with E-state index in [0.29, 0.717) is 6.04 Å². The first-order valence-corrected chi connectivity index (χ1v) is 22.2. The Morgan fingerprint density at radius 1 is 0.633 bits per heavy atom. The van der Waals surface area contributed by atoms with Crippen LogP contribution in [-0.2, 0) is 18.8 Å². The van der Waals surface area contributed by atoms with Crippen molar-refractivity contribution in [1.29, 1.82) is 0 Å². The standard InChI is InChI=1S/C17H30ClF5O3Si4/c1-27(2,24-29(5,6)26-30(7,8)25-28(3,4)18)11-9-10-12-13(19)15(21)17(23)16(22)14(12)20/h9-11H2,1-8H3. The second-order valence-corrected chi connectivity index (χ2v) is 26.7. The van der Waals surface area contributed by atoms with Crippen molar-refractivity contribution in [3.8, 4) is 0 Å². The van der Waals surface area contributed by atoms with Crippen LogP contribution in [0.3, 0.4) is 0 Å². The molecule has 0 fully saturated rings. The Bertz CT molecular complexity index is 744. The van der Waals surface area contributed by atoms with Crippen LogP contribution in [0.1, 0.15) is 12.0 Å². The van der Waals surface area contributed by atoms with Gasteiger partial charge in [0.1, 0.15) is 0 Å². The molecule has 0 aromatic heterocycles. The minimum Gasteiger partial charge on any atom is -0.436 e. The fourth-order valence-corrected chi connectivity index (χ4v) is 22.4. The highest BCUT2D eigenvalue weighted by Crippen LogP contribution is 2.29. The van der Waals surface area contributed by atoms with Crippen molar-refractivity contribution >= 4 is 44.1 Å². The van der Waals surface area contributed by atoms with E-state index in [9.17, 15) is 22.0 Å². The Labute approximate surface area is 184 Å². The highest BCUT2D eigenvalue weighted by Gasteiger charge is 2.43. The van der Waals surface area contributed by atoms with E-state index in [0.717, 1.165) is 0 Å². The lowest BCUT2D eigenvalue weighted by atomic mass is 10.1. The Morgan fingerprint density at radius 2 is 1.03 bits per heavy atom. The summed E-state index contributed by atoms with van der Waals surface area (Å²) in [6.45, 7) is 15.2. The topological polar surface area (TPSA) is 27.7 Å². The van der Waals surface area contributed by atoms with Gasteiger partial charge in [0.25, 0.3) is 7.63 Å². The molecule has 0 aliphatic heterocycles. The summed E-state index contributed by atoms with van der Waals surface area (Å²) in [4.78, 5) is 0. The van der Waals surface area contributed by atoms with Gasteiger partial charge in [0, 0.05) is 5.56 Å². The van der Waals surface area contributed by atoms with E-state index < -0.39 is 67.7 Å². The van der Waals surface area contributed by atoms with Gasteiger partial charge in [-0.15, -0.1) is 11.1 Å². The zero-order chi connectivity index (χ0) is 23.7. The molecule has 30 heavy (non-hydrogen) atoms. The molecule has 1 rings (SSSR count). The van der Waals surface area contributed by atoms with Crippen molar-refractivity contribution in [3.05, 3.63) is 34.6 Å². The van der Waals surface area contributed by atoms with Crippen molar-refractivity contribution in [1.82, 2.24) is 0 Å². The number of halogens is 6. The number of hydrogen-bond acceptors (Lipinski definition) is 3. The minimum absolute atomic E-state index is 0.223. The Morgan fingerprint density at radius 3 is 1.47 bits per heavy atom. The lowest BCUT2D eigenvalue weighted by Crippen LogP contribution is -2.55. The number of rotatable bonds is 10. The van der Waals surface area contributed by atoms with Crippen LogP contribution in [0.25, 0.3) is 0 Å². The Kier molecular flexibility index (Phi) is 9.14. The molecule has 1 aromatic carbocycles. The number of hydrogen-bond donors (Lipinski definition) is 0. The van der Waals surface area contributed by atoms with Crippen LogP contribution >= 0.6 is 11.1 Å². The molecule has 0 unspecified atom stereocenters. The second kappa shape index (κ2) is 9.81. The molecule has 1 aromatic rings.